The van der Waals surface area contributed by atoms with Crippen molar-refractivity contribution in [2.75, 3.05) is 25.1 Å². The molecule has 0 amide bonds. The van der Waals surface area contributed by atoms with Gasteiger partial charge in [0, 0.05) is 24.5 Å². The fourth-order valence-corrected chi connectivity index (χ4v) is 2.55. The predicted octanol–water partition coefficient (Wildman–Crippen LogP) is 1.57. The highest BCUT2D eigenvalue weighted by Crippen LogP contribution is 2.20. The summed E-state index contributed by atoms with van der Waals surface area (Å²) in [5, 5.41) is 3.07. The minimum Gasteiger partial charge on any atom is -0.319 e. The number of rotatable bonds is 7. The number of hydrogen-bond acceptors (Lipinski definition) is 4. The third-order valence-electron chi connectivity index (χ3n) is 1.06. The summed E-state index contributed by atoms with van der Waals surface area (Å²) >= 11 is 0. The molecule has 0 aromatic heterocycles. The van der Waals surface area contributed by atoms with Crippen LogP contribution in [0.1, 0.15) is 13.3 Å². The summed E-state index contributed by atoms with van der Waals surface area (Å²) in [4.78, 5) is 10.5. The van der Waals surface area contributed by atoms with Gasteiger partial charge >= 0.3 is 0 Å². The normalized spacial score (nSPS) is 10.0. The summed E-state index contributed by atoms with van der Waals surface area (Å²) in [7, 11) is 5.54. The lowest BCUT2D eigenvalue weighted by Crippen LogP contribution is -2.09. The van der Waals surface area contributed by atoms with Crippen molar-refractivity contribution in [3.8, 4) is 0 Å². The largest absolute Gasteiger partial charge is 0.319 e. The van der Waals surface area contributed by atoms with E-state index in [0.29, 0.717) is 6.42 Å². The summed E-state index contributed by atoms with van der Waals surface area (Å²) in [5.41, 5.74) is 0. The van der Waals surface area contributed by atoms with E-state index < -0.39 is 0 Å². The van der Waals surface area contributed by atoms with E-state index in [1.54, 1.807) is 17.7 Å². The van der Waals surface area contributed by atoms with Gasteiger partial charge in [0.1, 0.15) is 5.78 Å². The van der Waals surface area contributed by atoms with Crippen LogP contribution in [0, 0.1) is 0 Å². The Balaban J connectivity index is 2.85. The number of Topliss-reactive ketones (excluding diaryl/α,β-unsaturated/α-hetero) is 1. The molecule has 0 radical (unpaired) electrons. The van der Waals surface area contributed by atoms with Crippen molar-refractivity contribution in [2.45, 2.75) is 13.3 Å². The zero-order valence-corrected chi connectivity index (χ0v) is 8.69. The van der Waals surface area contributed by atoms with Gasteiger partial charge < -0.3 is 5.32 Å². The highest BCUT2D eigenvalue weighted by Gasteiger charge is 1.93. The Hall–Kier alpha value is 0.330. The topological polar surface area (TPSA) is 29.1 Å². The van der Waals surface area contributed by atoms with Crippen molar-refractivity contribution < 1.29 is 4.79 Å². The number of carbonyl (C=O) groups excluding carboxylic acids is 1. The molecular weight excluding hydrogens is 178 g/mol. The highest BCUT2D eigenvalue weighted by atomic mass is 33.1. The van der Waals surface area contributed by atoms with E-state index in [0.717, 1.165) is 18.1 Å². The molecular formula is C7H15NOS2. The summed E-state index contributed by atoms with van der Waals surface area (Å²) in [6.07, 6.45) is 0.706. The van der Waals surface area contributed by atoms with Gasteiger partial charge in [-0.15, -0.1) is 0 Å². The SMILES string of the molecule is CNCCSSCCC(C)=O. The molecule has 0 aliphatic carbocycles. The smallest absolute Gasteiger partial charge is 0.130 e. The molecule has 0 unspecified atom stereocenters. The lowest BCUT2D eigenvalue weighted by molar-refractivity contribution is -0.116. The standard InChI is InChI=1S/C7H15NOS2/c1-7(9)3-5-10-11-6-4-8-2/h8H,3-6H2,1-2H3. The second kappa shape index (κ2) is 8.43. The Morgan fingerprint density at radius 1 is 1.36 bits per heavy atom. The van der Waals surface area contributed by atoms with Crippen LogP contribution in [-0.4, -0.2) is 30.9 Å². The molecule has 4 heteroatoms. The molecule has 0 spiro atoms. The number of hydrogen-bond donors (Lipinski definition) is 1. The van der Waals surface area contributed by atoms with Gasteiger partial charge in [-0.25, -0.2) is 0 Å². The molecule has 0 aliphatic rings. The van der Waals surface area contributed by atoms with Crippen molar-refractivity contribution in [1.29, 1.82) is 0 Å². The summed E-state index contributed by atoms with van der Waals surface area (Å²) < 4.78 is 0. The fraction of sp³-hybridized carbons (Fsp3) is 0.857. The monoisotopic (exact) mass is 193 g/mol. The average Bonchev–Trinajstić information content (AvgIpc) is 1.96. The van der Waals surface area contributed by atoms with Crippen molar-refractivity contribution in [2.24, 2.45) is 0 Å². The molecule has 0 aliphatic heterocycles. The Kier molecular flexibility index (Phi) is 8.68. The highest BCUT2D eigenvalue weighted by molar-refractivity contribution is 8.76. The van der Waals surface area contributed by atoms with Gasteiger partial charge in [-0.05, 0) is 14.0 Å². The minimum atomic E-state index is 0.284. The van der Waals surface area contributed by atoms with Crippen molar-refractivity contribution in [3.63, 3.8) is 0 Å². The number of ketones is 1. The van der Waals surface area contributed by atoms with E-state index in [4.69, 9.17) is 0 Å². The van der Waals surface area contributed by atoms with Crippen LogP contribution in [0.5, 0.6) is 0 Å². The Bertz CT molecular complexity index is 109. The van der Waals surface area contributed by atoms with Gasteiger partial charge in [0.25, 0.3) is 0 Å². The van der Waals surface area contributed by atoms with Crippen LogP contribution >= 0.6 is 21.6 Å². The maximum absolute atomic E-state index is 10.5. The van der Waals surface area contributed by atoms with E-state index in [9.17, 15) is 4.79 Å². The third kappa shape index (κ3) is 10.3. The lowest BCUT2D eigenvalue weighted by Gasteiger charge is -1.98. The molecule has 0 bridgehead atoms. The average molecular weight is 193 g/mol. The second-order valence-electron chi connectivity index (χ2n) is 2.20. The van der Waals surface area contributed by atoms with Gasteiger partial charge in [0.05, 0.1) is 0 Å². The lowest BCUT2D eigenvalue weighted by atomic mass is 10.4. The maximum Gasteiger partial charge on any atom is 0.130 e. The Labute approximate surface area is 76.3 Å². The predicted molar refractivity (Wildman–Crippen MR) is 54.1 cm³/mol. The number of nitrogens with one attached hydrogen (secondary N) is 1. The van der Waals surface area contributed by atoms with Crippen molar-refractivity contribution >= 4 is 27.4 Å². The van der Waals surface area contributed by atoms with Crippen molar-refractivity contribution in [3.05, 3.63) is 0 Å². The molecule has 0 saturated heterocycles. The van der Waals surface area contributed by atoms with Gasteiger partial charge in [-0.1, -0.05) is 21.6 Å². The van der Waals surface area contributed by atoms with E-state index in [1.165, 1.54) is 0 Å². The molecule has 0 rings (SSSR count). The molecule has 0 atom stereocenters. The van der Waals surface area contributed by atoms with Crippen LogP contribution in [0.2, 0.25) is 0 Å². The molecule has 1 N–H and O–H groups in total. The first kappa shape index (κ1) is 11.3. The van der Waals surface area contributed by atoms with Crippen LogP contribution in [0.25, 0.3) is 0 Å². The molecule has 0 heterocycles. The van der Waals surface area contributed by atoms with Gasteiger partial charge in [-0.3, -0.25) is 4.79 Å². The van der Waals surface area contributed by atoms with E-state index >= 15 is 0 Å². The zero-order chi connectivity index (χ0) is 8.53. The molecule has 0 aromatic rings. The summed E-state index contributed by atoms with van der Waals surface area (Å²) in [6.45, 7) is 2.68. The quantitative estimate of drug-likeness (QED) is 0.491. The fourth-order valence-electron chi connectivity index (χ4n) is 0.447. The Morgan fingerprint density at radius 2 is 2.00 bits per heavy atom. The maximum atomic E-state index is 10.5. The Morgan fingerprint density at radius 3 is 2.55 bits per heavy atom. The van der Waals surface area contributed by atoms with Gasteiger partial charge in [0.2, 0.25) is 0 Å². The van der Waals surface area contributed by atoms with Crippen LogP contribution in [0.15, 0.2) is 0 Å². The minimum absolute atomic E-state index is 0.284. The molecule has 0 saturated carbocycles. The van der Waals surface area contributed by atoms with Gasteiger partial charge in [-0.2, -0.15) is 0 Å². The zero-order valence-electron chi connectivity index (χ0n) is 7.05. The molecule has 0 fully saturated rings. The first-order chi connectivity index (χ1) is 5.27. The van der Waals surface area contributed by atoms with E-state index in [1.807, 2.05) is 17.8 Å². The first-order valence-corrected chi connectivity index (χ1v) is 6.14. The van der Waals surface area contributed by atoms with E-state index in [2.05, 4.69) is 5.32 Å². The van der Waals surface area contributed by atoms with Crippen LogP contribution in [0.4, 0.5) is 0 Å². The number of carbonyl (C=O) groups is 1. The van der Waals surface area contributed by atoms with Crippen LogP contribution in [0.3, 0.4) is 0 Å². The van der Waals surface area contributed by atoms with E-state index in [-0.39, 0.29) is 5.78 Å². The van der Waals surface area contributed by atoms with Gasteiger partial charge in [0.15, 0.2) is 0 Å². The second-order valence-corrected chi connectivity index (χ2v) is 4.90. The summed E-state index contributed by atoms with van der Waals surface area (Å²) in [6, 6.07) is 0. The van der Waals surface area contributed by atoms with Crippen LogP contribution in [-0.2, 0) is 4.79 Å². The van der Waals surface area contributed by atoms with Crippen LogP contribution < -0.4 is 5.32 Å². The molecule has 11 heavy (non-hydrogen) atoms. The first-order valence-electron chi connectivity index (χ1n) is 3.66. The molecule has 0 aromatic carbocycles. The van der Waals surface area contributed by atoms with Crippen molar-refractivity contribution in [1.82, 2.24) is 5.32 Å². The molecule has 66 valence electrons. The molecule has 2 nitrogen and oxygen atoms in total. The summed E-state index contributed by atoms with van der Waals surface area (Å²) in [5.74, 6) is 2.34. The third-order valence-corrected chi connectivity index (χ3v) is 3.46.